The van der Waals surface area contributed by atoms with Crippen LogP contribution in [-0.4, -0.2) is 57.1 Å². The zero-order valence-corrected chi connectivity index (χ0v) is 20.3. The van der Waals surface area contributed by atoms with E-state index in [0.717, 1.165) is 43.8 Å². The molecule has 1 atom stereocenters. The maximum Gasteiger partial charge on any atom is 0.309 e. The Hall–Kier alpha value is -3.06. The molecule has 0 radical (unpaired) electrons. The first kappa shape index (κ1) is 24.1. The van der Waals surface area contributed by atoms with Gasteiger partial charge in [-0.3, -0.25) is 14.5 Å². The first-order valence-electron chi connectivity index (χ1n) is 12.3. The summed E-state index contributed by atoms with van der Waals surface area (Å²) in [5, 5.41) is 5.61. The number of rotatable bonds is 7. The van der Waals surface area contributed by atoms with Crippen LogP contribution in [0.25, 0.3) is 0 Å². The van der Waals surface area contributed by atoms with Crippen LogP contribution in [0.1, 0.15) is 48.4 Å². The number of amides is 2. The number of carbonyl (C=O) groups is 2. The van der Waals surface area contributed by atoms with Crippen molar-refractivity contribution in [2.75, 3.05) is 45.2 Å². The molecule has 0 bridgehead atoms. The smallest absolute Gasteiger partial charge is 0.309 e. The van der Waals surface area contributed by atoms with E-state index in [4.69, 9.17) is 4.74 Å². The number of anilines is 1. The van der Waals surface area contributed by atoms with Crippen molar-refractivity contribution in [1.29, 1.82) is 0 Å². The lowest BCUT2D eigenvalue weighted by Gasteiger charge is -2.36. The number of fused-ring (bicyclic) bond motifs is 1. The summed E-state index contributed by atoms with van der Waals surface area (Å²) < 4.78 is 5.15. The Balaban J connectivity index is 1.39. The molecule has 2 amide bonds. The Morgan fingerprint density at radius 2 is 1.68 bits per heavy atom. The molecule has 2 N–H and O–H groups in total. The fraction of sp³-hybridized carbons (Fsp3) is 0.481. The molecule has 0 saturated carbocycles. The first-order valence-corrected chi connectivity index (χ1v) is 12.3. The summed E-state index contributed by atoms with van der Waals surface area (Å²) in [4.78, 5) is 29.8. The van der Waals surface area contributed by atoms with Crippen molar-refractivity contribution in [3.8, 4) is 5.75 Å². The van der Waals surface area contributed by atoms with Crippen molar-refractivity contribution in [2.24, 2.45) is 0 Å². The lowest BCUT2D eigenvalue weighted by molar-refractivity contribution is -0.139. The summed E-state index contributed by atoms with van der Waals surface area (Å²) in [5.41, 5.74) is 4.80. The van der Waals surface area contributed by atoms with Crippen LogP contribution in [0.4, 0.5) is 5.69 Å². The number of piperidine rings is 1. The molecule has 0 aromatic heterocycles. The minimum Gasteiger partial charge on any atom is -0.497 e. The van der Waals surface area contributed by atoms with Crippen LogP contribution in [0, 0.1) is 0 Å². The van der Waals surface area contributed by atoms with Gasteiger partial charge in [0.1, 0.15) is 5.75 Å². The molecule has 4 rings (SSSR count). The number of methoxy groups -OCH3 is 1. The van der Waals surface area contributed by atoms with E-state index in [0.29, 0.717) is 13.1 Å². The minimum absolute atomic E-state index is 0.0659. The molecule has 34 heavy (non-hydrogen) atoms. The highest BCUT2D eigenvalue weighted by Gasteiger charge is 2.25. The standard InChI is InChI=1S/C27H36N4O3/c1-30-14-6-7-21-17-22(10-13-24(21)30)25(31-15-4-3-5-16-31)19-29-27(33)26(32)28-18-20-8-11-23(34-2)12-9-20/h8-13,17,25H,3-7,14-16,18-19H2,1-2H3,(H,28,32)(H,29,33)/t25-/m1/s1. The Labute approximate surface area is 202 Å². The lowest BCUT2D eigenvalue weighted by atomic mass is 9.95. The van der Waals surface area contributed by atoms with Crippen LogP contribution in [0.5, 0.6) is 5.75 Å². The van der Waals surface area contributed by atoms with Gasteiger partial charge < -0.3 is 20.3 Å². The first-order chi connectivity index (χ1) is 16.5. The topological polar surface area (TPSA) is 73.9 Å². The van der Waals surface area contributed by atoms with Gasteiger partial charge in [0.25, 0.3) is 0 Å². The van der Waals surface area contributed by atoms with E-state index < -0.39 is 11.8 Å². The summed E-state index contributed by atoms with van der Waals surface area (Å²) in [5.74, 6) is -0.445. The van der Waals surface area contributed by atoms with Crippen LogP contribution >= 0.6 is 0 Å². The SMILES string of the molecule is COc1ccc(CNC(=O)C(=O)NC[C@H](c2ccc3c(c2)CCCN3C)N2CCCCC2)cc1. The highest BCUT2D eigenvalue weighted by Crippen LogP contribution is 2.31. The summed E-state index contributed by atoms with van der Waals surface area (Å²) in [6, 6.07) is 14.2. The van der Waals surface area contributed by atoms with E-state index >= 15 is 0 Å². The Morgan fingerprint density at radius 3 is 2.41 bits per heavy atom. The monoisotopic (exact) mass is 464 g/mol. The molecule has 0 aliphatic carbocycles. The predicted octanol–water partition coefficient (Wildman–Crippen LogP) is 3.04. The van der Waals surface area contributed by atoms with E-state index in [1.54, 1.807) is 7.11 Å². The van der Waals surface area contributed by atoms with Crippen molar-refractivity contribution in [1.82, 2.24) is 15.5 Å². The number of carbonyl (C=O) groups excluding carboxylic acids is 2. The fourth-order valence-corrected chi connectivity index (χ4v) is 4.98. The van der Waals surface area contributed by atoms with Crippen LogP contribution in [-0.2, 0) is 22.6 Å². The van der Waals surface area contributed by atoms with E-state index in [1.165, 1.54) is 36.1 Å². The molecule has 7 nitrogen and oxygen atoms in total. The van der Waals surface area contributed by atoms with Gasteiger partial charge in [-0.05, 0) is 73.7 Å². The second kappa shape index (κ2) is 11.4. The van der Waals surface area contributed by atoms with E-state index in [9.17, 15) is 9.59 Å². The Bertz CT molecular complexity index is 986. The van der Waals surface area contributed by atoms with Crippen molar-refractivity contribution < 1.29 is 14.3 Å². The van der Waals surface area contributed by atoms with Crippen molar-refractivity contribution >= 4 is 17.5 Å². The normalized spacial score (nSPS) is 16.9. The van der Waals surface area contributed by atoms with Gasteiger partial charge in [-0.2, -0.15) is 0 Å². The van der Waals surface area contributed by atoms with Crippen molar-refractivity contribution in [2.45, 2.75) is 44.7 Å². The molecule has 7 heteroatoms. The Morgan fingerprint density at radius 1 is 0.941 bits per heavy atom. The van der Waals surface area contributed by atoms with E-state index in [2.05, 4.69) is 45.7 Å². The molecule has 182 valence electrons. The fourth-order valence-electron chi connectivity index (χ4n) is 4.98. The van der Waals surface area contributed by atoms with Crippen molar-refractivity contribution in [3.63, 3.8) is 0 Å². The highest BCUT2D eigenvalue weighted by atomic mass is 16.5. The molecule has 2 aromatic carbocycles. The van der Waals surface area contributed by atoms with Gasteiger partial charge in [-0.1, -0.05) is 30.7 Å². The number of nitrogens with zero attached hydrogens (tertiary/aromatic N) is 2. The van der Waals surface area contributed by atoms with E-state index in [1.807, 2.05) is 24.3 Å². The van der Waals surface area contributed by atoms with Gasteiger partial charge in [0.05, 0.1) is 13.2 Å². The molecular formula is C27H36N4O3. The van der Waals surface area contributed by atoms with Gasteiger partial charge in [0.2, 0.25) is 0 Å². The van der Waals surface area contributed by atoms with Crippen molar-refractivity contribution in [3.05, 3.63) is 59.2 Å². The predicted molar refractivity (Wildman–Crippen MR) is 134 cm³/mol. The molecule has 0 spiro atoms. The van der Waals surface area contributed by atoms with Crippen LogP contribution in [0.3, 0.4) is 0 Å². The van der Waals surface area contributed by atoms with Crippen LogP contribution in [0.2, 0.25) is 0 Å². The molecule has 1 saturated heterocycles. The number of aryl methyl sites for hydroxylation is 1. The molecule has 2 aliphatic heterocycles. The third kappa shape index (κ3) is 5.89. The number of hydrogen-bond donors (Lipinski definition) is 2. The summed E-state index contributed by atoms with van der Waals surface area (Å²) in [6.07, 6.45) is 5.83. The zero-order valence-electron chi connectivity index (χ0n) is 20.3. The Kier molecular flexibility index (Phi) is 8.06. The highest BCUT2D eigenvalue weighted by molar-refractivity contribution is 6.35. The van der Waals surface area contributed by atoms with Gasteiger partial charge >= 0.3 is 11.8 Å². The number of hydrogen-bond acceptors (Lipinski definition) is 5. The van der Waals surface area contributed by atoms with Crippen LogP contribution in [0.15, 0.2) is 42.5 Å². The number of ether oxygens (including phenoxy) is 1. The quantitative estimate of drug-likeness (QED) is 0.616. The minimum atomic E-state index is -0.611. The largest absolute Gasteiger partial charge is 0.497 e. The van der Waals surface area contributed by atoms with Crippen LogP contribution < -0.4 is 20.3 Å². The van der Waals surface area contributed by atoms with Gasteiger partial charge in [0, 0.05) is 32.4 Å². The number of nitrogens with one attached hydrogen (secondary N) is 2. The maximum absolute atomic E-state index is 12.6. The molecule has 0 unspecified atom stereocenters. The lowest BCUT2D eigenvalue weighted by Crippen LogP contribution is -2.45. The van der Waals surface area contributed by atoms with Gasteiger partial charge in [-0.25, -0.2) is 0 Å². The third-order valence-corrected chi connectivity index (χ3v) is 6.94. The average molecular weight is 465 g/mol. The second-order valence-electron chi connectivity index (χ2n) is 9.27. The number of benzene rings is 2. The number of likely N-dealkylation sites (tertiary alicyclic amines) is 1. The average Bonchev–Trinajstić information content (AvgIpc) is 2.88. The molecule has 2 aliphatic rings. The second-order valence-corrected chi connectivity index (χ2v) is 9.27. The molecule has 1 fully saturated rings. The molecule has 2 aromatic rings. The summed E-state index contributed by atoms with van der Waals surface area (Å²) in [7, 11) is 3.76. The zero-order chi connectivity index (χ0) is 23.9. The van der Waals surface area contributed by atoms with E-state index in [-0.39, 0.29) is 6.04 Å². The van der Waals surface area contributed by atoms with Gasteiger partial charge in [0.15, 0.2) is 0 Å². The van der Waals surface area contributed by atoms with Gasteiger partial charge in [-0.15, -0.1) is 0 Å². The maximum atomic E-state index is 12.6. The molecule has 2 heterocycles. The third-order valence-electron chi connectivity index (χ3n) is 6.94. The summed E-state index contributed by atoms with van der Waals surface area (Å²) >= 11 is 0. The summed E-state index contributed by atoms with van der Waals surface area (Å²) in [6.45, 7) is 3.83. The molecular weight excluding hydrogens is 428 g/mol.